The van der Waals surface area contributed by atoms with Crippen LogP contribution in [0.3, 0.4) is 0 Å². The number of aromatic nitrogens is 3. The van der Waals surface area contributed by atoms with Gasteiger partial charge in [0.1, 0.15) is 11.6 Å². The number of primary sulfonamides is 1. The van der Waals surface area contributed by atoms with E-state index in [0.717, 1.165) is 0 Å². The number of nitriles is 1. The van der Waals surface area contributed by atoms with Gasteiger partial charge in [0.2, 0.25) is 5.03 Å². The van der Waals surface area contributed by atoms with Crippen molar-refractivity contribution in [1.29, 1.82) is 5.26 Å². The third-order valence-electron chi connectivity index (χ3n) is 2.24. The Balaban J connectivity index is 3.02. The van der Waals surface area contributed by atoms with Gasteiger partial charge < -0.3 is 0 Å². The van der Waals surface area contributed by atoms with Crippen molar-refractivity contribution in [2.24, 2.45) is 5.14 Å². The van der Waals surface area contributed by atoms with Gasteiger partial charge in [0.25, 0.3) is 10.0 Å². The number of nitrogens with zero attached hydrogens (tertiary/aromatic N) is 4. The van der Waals surface area contributed by atoms with Crippen LogP contribution in [0, 0.1) is 25.2 Å². The van der Waals surface area contributed by atoms with Crippen LogP contribution in [-0.2, 0) is 10.0 Å². The first-order valence-corrected chi connectivity index (χ1v) is 6.19. The molecule has 0 unspecified atom stereocenters. The van der Waals surface area contributed by atoms with E-state index in [1.165, 1.54) is 4.52 Å². The molecular weight excluding hydrogens is 242 g/mol. The highest BCUT2D eigenvalue weighted by Crippen LogP contribution is 2.18. The third-order valence-corrected chi connectivity index (χ3v) is 3.07. The van der Waals surface area contributed by atoms with Crippen molar-refractivity contribution in [3.8, 4) is 6.07 Å². The van der Waals surface area contributed by atoms with E-state index < -0.39 is 15.0 Å². The lowest BCUT2D eigenvalue weighted by Crippen LogP contribution is -2.14. The monoisotopic (exact) mass is 251 g/mol. The van der Waals surface area contributed by atoms with Gasteiger partial charge >= 0.3 is 0 Å². The highest BCUT2D eigenvalue weighted by Gasteiger charge is 2.23. The van der Waals surface area contributed by atoms with E-state index >= 15 is 0 Å². The number of hydrogen-bond acceptors (Lipinski definition) is 5. The summed E-state index contributed by atoms with van der Waals surface area (Å²) in [5.41, 5.74) is 1.43. The quantitative estimate of drug-likeness (QED) is 0.757. The molecule has 0 saturated carbocycles. The fraction of sp³-hybridized carbons (Fsp3) is 0.222. The van der Waals surface area contributed by atoms with Crippen LogP contribution >= 0.6 is 0 Å². The minimum atomic E-state index is -4.03. The van der Waals surface area contributed by atoms with E-state index in [9.17, 15) is 8.42 Å². The van der Waals surface area contributed by atoms with Crippen LogP contribution < -0.4 is 5.14 Å². The molecule has 0 bridgehead atoms. The van der Waals surface area contributed by atoms with Gasteiger partial charge in [-0.05, 0) is 19.9 Å². The molecule has 0 aliphatic carbocycles. The van der Waals surface area contributed by atoms with Crippen molar-refractivity contribution in [2.75, 3.05) is 0 Å². The first kappa shape index (κ1) is 11.5. The first-order chi connectivity index (χ1) is 7.84. The standard InChI is InChI=1S/C9H9N5O2S/c1-5-3-6(2)14-8(12-5)7(4-10)9(13-14)17(11,15)16/h3H,1-2H3,(H2,11,15,16). The predicted molar refractivity (Wildman–Crippen MR) is 58.5 cm³/mol. The van der Waals surface area contributed by atoms with Gasteiger partial charge in [-0.2, -0.15) is 10.4 Å². The number of nitrogens with two attached hydrogens (primary N) is 1. The average Bonchev–Trinajstić information content (AvgIpc) is 2.55. The van der Waals surface area contributed by atoms with Crippen LogP contribution in [0.1, 0.15) is 17.0 Å². The molecule has 0 fully saturated rings. The number of aryl methyl sites for hydroxylation is 2. The summed E-state index contributed by atoms with van der Waals surface area (Å²) in [4.78, 5) is 4.10. The van der Waals surface area contributed by atoms with Crippen molar-refractivity contribution in [2.45, 2.75) is 18.9 Å². The molecule has 17 heavy (non-hydrogen) atoms. The van der Waals surface area contributed by atoms with Crippen LogP contribution in [0.5, 0.6) is 0 Å². The molecule has 2 heterocycles. The van der Waals surface area contributed by atoms with E-state index in [2.05, 4.69) is 10.1 Å². The maximum absolute atomic E-state index is 11.3. The Labute approximate surface area is 97.5 Å². The van der Waals surface area contributed by atoms with Crippen LogP contribution in [0.4, 0.5) is 0 Å². The smallest absolute Gasteiger partial charge is 0.233 e. The SMILES string of the molecule is Cc1cc(C)n2nc(S(N)(=O)=O)c(C#N)c2n1. The van der Waals surface area contributed by atoms with Crippen molar-refractivity contribution in [3.63, 3.8) is 0 Å². The predicted octanol–water partition coefficient (Wildman–Crippen LogP) is -0.135. The number of rotatable bonds is 1. The molecule has 0 radical (unpaired) electrons. The third kappa shape index (κ3) is 1.75. The summed E-state index contributed by atoms with van der Waals surface area (Å²) >= 11 is 0. The summed E-state index contributed by atoms with van der Waals surface area (Å²) in [6, 6.07) is 3.50. The molecule has 0 spiro atoms. The molecular formula is C9H9N5O2S. The first-order valence-electron chi connectivity index (χ1n) is 4.64. The van der Waals surface area contributed by atoms with Gasteiger partial charge in [0, 0.05) is 11.4 Å². The van der Waals surface area contributed by atoms with E-state index in [-0.39, 0.29) is 11.2 Å². The summed E-state index contributed by atoms with van der Waals surface area (Å²) in [6.45, 7) is 3.49. The average molecular weight is 251 g/mol. The Morgan fingerprint density at radius 3 is 2.65 bits per heavy atom. The molecule has 0 aromatic carbocycles. The Morgan fingerprint density at radius 2 is 2.12 bits per heavy atom. The second-order valence-corrected chi connectivity index (χ2v) is 5.09. The maximum Gasteiger partial charge on any atom is 0.258 e. The van der Waals surface area contributed by atoms with Crippen molar-refractivity contribution >= 4 is 15.7 Å². The normalized spacial score (nSPS) is 11.6. The summed E-state index contributed by atoms with van der Waals surface area (Å²) in [5.74, 6) is 0. The molecule has 2 aromatic heterocycles. The molecule has 0 saturated heterocycles. The largest absolute Gasteiger partial charge is 0.258 e. The Hall–Kier alpha value is -1.98. The Morgan fingerprint density at radius 1 is 1.47 bits per heavy atom. The zero-order valence-electron chi connectivity index (χ0n) is 9.17. The zero-order valence-corrected chi connectivity index (χ0v) is 9.98. The molecule has 2 aromatic rings. The van der Waals surface area contributed by atoms with E-state index in [1.807, 2.05) is 0 Å². The lowest BCUT2D eigenvalue weighted by atomic mass is 10.3. The molecule has 0 atom stereocenters. The lowest BCUT2D eigenvalue weighted by molar-refractivity contribution is 0.592. The molecule has 0 aliphatic heterocycles. The van der Waals surface area contributed by atoms with Gasteiger partial charge in [-0.15, -0.1) is 0 Å². The molecule has 0 amide bonds. The van der Waals surface area contributed by atoms with Crippen LogP contribution in [0.2, 0.25) is 0 Å². The van der Waals surface area contributed by atoms with Crippen molar-refractivity contribution in [3.05, 3.63) is 23.0 Å². The van der Waals surface area contributed by atoms with Gasteiger partial charge in [-0.25, -0.2) is 23.1 Å². The fourth-order valence-electron chi connectivity index (χ4n) is 1.60. The second-order valence-electron chi connectivity index (χ2n) is 3.61. The minimum absolute atomic E-state index is 0.126. The summed E-state index contributed by atoms with van der Waals surface area (Å²) in [7, 11) is -4.03. The van der Waals surface area contributed by atoms with E-state index in [1.54, 1.807) is 26.0 Å². The molecule has 8 heteroatoms. The van der Waals surface area contributed by atoms with E-state index in [4.69, 9.17) is 10.4 Å². The molecule has 0 aliphatic rings. The Bertz CT molecular complexity index is 754. The van der Waals surface area contributed by atoms with Gasteiger partial charge in [0.05, 0.1) is 0 Å². The highest BCUT2D eigenvalue weighted by molar-refractivity contribution is 7.89. The fourth-order valence-corrected chi connectivity index (χ4v) is 2.22. The van der Waals surface area contributed by atoms with E-state index in [0.29, 0.717) is 11.4 Å². The lowest BCUT2D eigenvalue weighted by Gasteiger charge is -1.99. The number of sulfonamides is 1. The zero-order chi connectivity index (χ0) is 12.8. The number of fused-ring (bicyclic) bond motifs is 1. The van der Waals surface area contributed by atoms with Crippen LogP contribution in [0.15, 0.2) is 11.1 Å². The van der Waals surface area contributed by atoms with Gasteiger partial charge in [-0.1, -0.05) is 0 Å². The second kappa shape index (κ2) is 3.51. The summed E-state index contributed by atoms with van der Waals surface area (Å²) in [5, 5.41) is 17.4. The van der Waals surface area contributed by atoms with Crippen molar-refractivity contribution < 1.29 is 8.42 Å². The highest BCUT2D eigenvalue weighted by atomic mass is 32.2. The summed E-state index contributed by atoms with van der Waals surface area (Å²) < 4.78 is 23.9. The Kier molecular flexibility index (Phi) is 2.38. The molecule has 88 valence electrons. The van der Waals surface area contributed by atoms with Gasteiger partial charge in [-0.3, -0.25) is 0 Å². The molecule has 2 rings (SSSR count). The maximum atomic E-state index is 11.3. The van der Waals surface area contributed by atoms with Crippen molar-refractivity contribution in [1.82, 2.24) is 14.6 Å². The minimum Gasteiger partial charge on any atom is -0.233 e. The molecule has 7 nitrogen and oxygen atoms in total. The number of hydrogen-bond donors (Lipinski definition) is 1. The van der Waals surface area contributed by atoms with Gasteiger partial charge in [0.15, 0.2) is 5.65 Å². The topological polar surface area (TPSA) is 114 Å². The van der Waals surface area contributed by atoms with Crippen LogP contribution in [0.25, 0.3) is 5.65 Å². The molecule has 2 N–H and O–H groups in total. The summed E-state index contributed by atoms with van der Waals surface area (Å²) in [6.07, 6.45) is 0. The van der Waals surface area contributed by atoms with Crippen LogP contribution in [-0.4, -0.2) is 23.0 Å².